The predicted octanol–water partition coefficient (Wildman–Crippen LogP) is 5.88. The highest BCUT2D eigenvalue weighted by molar-refractivity contribution is 9.09. The van der Waals surface area contributed by atoms with Crippen molar-refractivity contribution in [1.82, 2.24) is 0 Å². The van der Waals surface area contributed by atoms with E-state index in [0.717, 1.165) is 11.2 Å². The Morgan fingerprint density at radius 3 is 2.31 bits per heavy atom. The lowest BCUT2D eigenvalue weighted by Crippen LogP contribution is -1.94. The van der Waals surface area contributed by atoms with Crippen LogP contribution in [0.1, 0.15) is 59.8 Å². The Balaban J connectivity index is 3.66. The number of halogens is 1. The second kappa shape index (κ2) is 10.1. The Kier molecular flexibility index (Phi) is 10.1. The van der Waals surface area contributed by atoms with Crippen LogP contribution in [0, 0.1) is 5.92 Å². The number of hydrogen-bond acceptors (Lipinski definition) is 0. The number of alkyl halides is 1. The Labute approximate surface area is 110 Å². The number of rotatable bonds is 8. The fourth-order valence-corrected chi connectivity index (χ4v) is 2.42. The summed E-state index contributed by atoms with van der Waals surface area (Å²) in [6.45, 7) is 8.93. The molecule has 0 radical (unpaired) electrons. The van der Waals surface area contributed by atoms with Gasteiger partial charge in [-0.15, -0.1) is 0 Å². The molecule has 1 heteroatoms. The molecular weight excluding hydrogens is 260 g/mol. The average Bonchev–Trinajstić information content (AvgIpc) is 2.17. The van der Waals surface area contributed by atoms with Gasteiger partial charge in [0.25, 0.3) is 0 Å². The van der Waals surface area contributed by atoms with Crippen LogP contribution in [0.3, 0.4) is 0 Å². The van der Waals surface area contributed by atoms with Gasteiger partial charge in [-0.05, 0) is 58.8 Å². The third-order valence-electron chi connectivity index (χ3n) is 2.85. The third kappa shape index (κ3) is 10.5. The zero-order chi connectivity index (χ0) is 12.4. The second-order valence-electron chi connectivity index (χ2n) is 5.03. The maximum absolute atomic E-state index is 3.50. The molecule has 1 atom stereocenters. The maximum Gasteiger partial charge on any atom is 0.00338 e. The first-order chi connectivity index (χ1) is 7.56. The van der Waals surface area contributed by atoms with Crippen LogP contribution in [0.2, 0.25) is 0 Å². The molecule has 0 aliphatic carbocycles. The van der Waals surface area contributed by atoms with Gasteiger partial charge in [-0.25, -0.2) is 0 Å². The van der Waals surface area contributed by atoms with Crippen molar-refractivity contribution in [3.8, 4) is 0 Å². The standard InChI is InChI=1S/C15H27Br/c1-13(2)7-5-8-14(3)9-6-10-15(4)11-12-16/h7,9,15H,5-6,8,10-12H2,1-4H3/b14-9+. The van der Waals surface area contributed by atoms with E-state index in [-0.39, 0.29) is 0 Å². The van der Waals surface area contributed by atoms with E-state index in [1.807, 2.05) is 0 Å². The van der Waals surface area contributed by atoms with Gasteiger partial charge in [-0.1, -0.05) is 46.2 Å². The third-order valence-corrected chi connectivity index (χ3v) is 3.30. The monoisotopic (exact) mass is 286 g/mol. The van der Waals surface area contributed by atoms with Gasteiger partial charge in [0.15, 0.2) is 0 Å². The lowest BCUT2D eigenvalue weighted by atomic mass is 10.0. The van der Waals surface area contributed by atoms with Gasteiger partial charge in [0, 0.05) is 5.33 Å². The topological polar surface area (TPSA) is 0 Å². The van der Waals surface area contributed by atoms with Crippen molar-refractivity contribution in [2.45, 2.75) is 59.8 Å². The summed E-state index contributed by atoms with van der Waals surface area (Å²) in [5.74, 6) is 0.848. The highest BCUT2D eigenvalue weighted by Gasteiger charge is 1.99. The van der Waals surface area contributed by atoms with E-state index >= 15 is 0 Å². The molecule has 0 aromatic carbocycles. The highest BCUT2D eigenvalue weighted by Crippen LogP contribution is 2.14. The zero-order valence-corrected chi connectivity index (χ0v) is 12.9. The molecule has 0 aromatic heterocycles. The molecule has 0 heterocycles. The van der Waals surface area contributed by atoms with Crippen molar-refractivity contribution in [2.24, 2.45) is 5.92 Å². The van der Waals surface area contributed by atoms with Crippen molar-refractivity contribution in [3.63, 3.8) is 0 Å². The Hall–Kier alpha value is -0.0400. The molecule has 0 aliphatic rings. The van der Waals surface area contributed by atoms with E-state index in [4.69, 9.17) is 0 Å². The van der Waals surface area contributed by atoms with E-state index in [1.165, 1.54) is 37.7 Å². The lowest BCUT2D eigenvalue weighted by molar-refractivity contribution is 0.526. The first kappa shape index (κ1) is 16.0. The van der Waals surface area contributed by atoms with Crippen LogP contribution in [-0.2, 0) is 0 Å². The smallest absolute Gasteiger partial charge is 0.00338 e. The fraction of sp³-hybridized carbons (Fsp3) is 0.733. The molecule has 0 saturated heterocycles. The van der Waals surface area contributed by atoms with Crippen LogP contribution in [0.15, 0.2) is 23.3 Å². The van der Waals surface area contributed by atoms with E-state index in [1.54, 1.807) is 5.57 Å². The molecule has 0 saturated carbocycles. The van der Waals surface area contributed by atoms with Crippen LogP contribution in [0.5, 0.6) is 0 Å². The van der Waals surface area contributed by atoms with Gasteiger partial charge in [0.05, 0.1) is 0 Å². The number of allylic oxidation sites excluding steroid dienone is 4. The summed E-state index contributed by atoms with van der Waals surface area (Å²) in [4.78, 5) is 0. The lowest BCUT2D eigenvalue weighted by Gasteiger charge is -2.07. The van der Waals surface area contributed by atoms with Crippen molar-refractivity contribution in [3.05, 3.63) is 23.3 Å². The Morgan fingerprint density at radius 2 is 1.75 bits per heavy atom. The largest absolute Gasteiger partial charge is 0.0928 e. The van der Waals surface area contributed by atoms with E-state index < -0.39 is 0 Å². The van der Waals surface area contributed by atoms with Crippen molar-refractivity contribution in [1.29, 1.82) is 0 Å². The van der Waals surface area contributed by atoms with Crippen LogP contribution in [-0.4, -0.2) is 5.33 Å². The Morgan fingerprint density at radius 1 is 1.06 bits per heavy atom. The van der Waals surface area contributed by atoms with Gasteiger partial charge in [-0.3, -0.25) is 0 Å². The minimum atomic E-state index is 0.848. The molecular formula is C15H27Br. The molecule has 0 bridgehead atoms. The molecule has 1 unspecified atom stereocenters. The fourth-order valence-electron chi connectivity index (χ4n) is 1.64. The molecule has 0 nitrogen and oxygen atoms in total. The van der Waals surface area contributed by atoms with E-state index in [0.29, 0.717) is 0 Å². The molecule has 94 valence electrons. The molecule has 0 aromatic rings. The summed E-state index contributed by atoms with van der Waals surface area (Å²) in [6.07, 6.45) is 11.0. The van der Waals surface area contributed by atoms with Crippen LogP contribution >= 0.6 is 15.9 Å². The summed E-state index contributed by atoms with van der Waals surface area (Å²) in [5, 5.41) is 1.14. The molecule has 0 amide bonds. The van der Waals surface area contributed by atoms with Crippen molar-refractivity contribution < 1.29 is 0 Å². The van der Waals surface area contributed by atoms with Crippen LogP contribution in [0.4, 0.5) is 0 Å². The first-order valence-corrected chi connectivity index (χ1v) is 7.53. The normalized spacial score (nSPS) is 13.7. The summed E-state index contributed by atoms with van der Waals surface area (Å²) >= 11 is 3.50. The van der Waals surface area contributed by atoms with Crippen molar-refractivity contribution >= 4 is 15.9 Å². The summed E-state index contributed by atoms with van der Waals surface area (Å²) in [6, 6.07) is 0. The maximum atomic E-state index is 3.50. The second-order valence-corrected chi connectivity index (χ2v) is 5.82. The van der Waals surface area contributed by atoms with Crippen molar-refractivity contribution in [2.75, 3.05) is 5.33 Å². The first-order valence-electron chi connectivity index (χ1n) is 6.41. The van der Waals surface area contributed by atoms with Gasteiger partial charge in [-0.2, -0.15) is 0 Å². The van der Waals surface area contributed by atoms with Gasteiger partial charge >= 0.3 is 0 Å². The Bertz CT molecular complexity index is 222. The van der Waals surface area contributed by atoms with Gasteiger partial charge in [0.1, 0.15) is 0 Å². The quantitative estimate of drug-likeness (QED) is 0.386. The molecule has 16 heavy (non-hydrogen) atoms. The predicted molar refractivity (Wildman–Crippen MR) is 79.2 cm³/mol. The van der Waals surface area contributed by atoms with Gasteiger partial charge < -0.3 is 0 Å². The molecule has 0 rings (SSSR count). The minimum absolute atomic E-state index is 0.848. The zero-order valence-electron chi connectivity index (χ0n) is 11.4. The average molecular weight is 287 g/mol. The van der Waals surface area contributed by atoms with E-state index in [9.17, 15) is 0 Å². The summed E-state index contributed by atoms with van der Waals surface area (Å²) in [5.41, 5.74) is 2.97. The molecule has 0 spiro atoms. The highest BCUT2D eigenvalue weighted by atomic mass is 79.9. The molecule has 0 fully saturated rings. The number of hydrogen-bond donors (Lipinski definition) is 0. The van der Waals surface area contributed by atoms with E-state index in [2.05, 4.69) is 55.8 Å². The summed E-state index contributed by atoms with van der Waals surface area (Å²) < 4.78 is 0. The molecule has 0 N–H and O–H groups in total. The molecule has 0 aliphatic heterocycles. The SMILES string of the molecule is CC(C)=CCC/C(C)=C/CCC(C)CCBr. The van der Waals surface area contributed by atoms with Gasteiger partial charge in [0.2, 0.25) is 0 Å². The van der Waals surface area contributed by atoms with Crippen LogP contribution < -0.4 is 0 Å². The van der Waals surface area contributed by atoms with Crippen LogP contribution in [0.25, 0.3) is 0 Å². The summed E-state index contributed by atoms with van der Waals surface area (Å²) in [7, 11) is 0. The minimum Gasteiger partial charge on any atom is -0.0928 e.